The number of ether oxygens (including phenoxy) is 1. The van der Waals surface area contributed by atoms with Crippen molar-refractivity contribution < 1.29 is 35.5 Å². The maximum atomic E-state index is 14.7. The predicted molar refractivity (Wildman–Crippen MR) is 123 cm³/mol. The minimum absolute atomic E-state index is 0.00394. The molecular formula is C24H27F4N3O4S. The van der Waals surface area contributed by atoms with Crippen molar-refractivity contribution >= 4 is 15.9 Å². The first-order chi connectivity index (χ1) is 16.9. The highest BCUT2D eigenvalue weighted by Gasteiger charge is 2.35. The Hall–Kier alpha value is -2.73. The molecule has 1 saturated carbocycles. The van der Waals surface area contributed by atoms with Crippen molar-refractivity contribution in [3.05, 3.63) is 58.7 Å². The maximum absolute atomic E-state index is 14.7. The molecule has 4 rings (SSSR count). The number of sulfonamides is 1. The molecular weight excluding hydrogens is 502 g/mol. The number of pyridine rings is 1. The van der Waals surface area contributed by atoms with Gasteiger partial charge in [-0.25, -0.2) is 17.5 Å². The lowest BCUT2D eigenvalue weighted by molar-refractivity contribution is -0.138. The number of piperidine rings is 1. The minimum Gasteiger partial charge on any atom is -0.493 e. The fourth-order valence-corrected chi connectivity index (χ4v) is 4.81. The van der Waals surface area contributed by atoms with E-state index in [4.69, 9.17) is 4.74 Å². The molecule has 36 heavy (non-hydrogen) atoms. The number of hydrogen-bond acceptors (Lipinski definition) is 6. The van der Waals surface area contributed by atoms with E-state index in [-0.39, 0.29) is 29.6 Å². The second-order valence-corrected chi connectivity index (χ2v) is 11.1. The van der Waals surface area contributed by atoms with Gasteiger partial charge < -0.3 is 4.74 Å². The van der Waals surface area contributed by atoms with Crippen molar-refractivity contribution in [2.75, 3.05) is 26.0 Å². The average molecular weight is 530 g/mol. The third kappa shape index (κ3) is 6.73. The molecule has 1 aliphatic carbocycles. The number of alkyl halides is 3. The van der Waals surface area contributed by atoms with Crippen LogP contribution in [0.2, 0.25) is 0 Å². The number of nitrogens with one attached hydrogen (secondary N) is 1. The topological polar surface area (TPSA) is 88.6 Å². The van der Waals surface area contributed by atoms with Crippen LogP contribution >= 0.6 is 0 Å². The largest absolute Gasteiger partial charge is 0.493 e. The standard InChI is InChI=1S/C24H27F4N3O4S/c1-36(33,34)30-23(32)18-11-17(16-4-5-16)22(12-20(18)25)35-14-15-6-9-31(10-7-15)13-21-19(24(26,27)28)3-2-8-29-21/h2-3,8,11-12,15-16H,4-7,9-10,13-14H2,1H3,(H,30,32). The van der Waals surface area contributed by atoms with Crippen molar-refractivity contribution in [2.24, 2.45) is 5.92 Å². The van der Waals surface area contributed by atoms with Gasteiger partial charge in [0, 0.05) is 18.8 Å². The summed E-state index contributed by atoms with van der Waals surface area (Å²) in [6.07, 6.45) is 0.846. The molecule has 1 amide bonds. The van der Waals surface area contributed by atoms with Crippen LogP contribution in [0.1, 0.15) is 58.8 Å². The van der Waals surface area contributed by atoms with Gasteiger partial charge >= 0.3 is 6.18 Å². The number of halogens is 4. The van der Waals surface area contributed by atoms with Gasteiger partial charge in [-0.2, -0.15) is 13.2 Å². The number of nitrogens with zero attached hydrogens (tertiary/aromatic N) is 2. The van der Waals surface area contributed by atoms with E-state index in [2.05, 4.69) is 4.98 Å². The molecule has 2 aliphatic rings. The molecule has 1 aromatic carbocycles. The molecule has 7 nitrogen and oxygen atoms in total. The van der Waals surface area contributed by atoms with E-state index in [0.29, 0.717) is 43.9 Å². The van der Waals surface area contributed by atoms with Crippen molar-refractivity contribution in [1.29, 1.82) is 0 Å². The van der Waals surface area contributed by atoms with Gasteiger partial charge in [-0.3, -0.25) is 14.7 Å². The molecule has 0 radical (unpaired) electrons. The van der Waals surface area contributed by atoms with Crippen LogP contribution in [-0.2, 0) is 22.7 Å². The Morgan fingerprint density at radius 1 is 1.19 bits per heavy atom. The Bertz CT molecular complexity index is 1220. The second kappa shape index (κ2) is 10.3. The first-order valence-corrected chi connectivity index (χ1v) is 13.5. The Balaban J connectivity index is 1.36. The lowest BCUT2D eigenvalue weighted by atomic mass is 9.97. The Morgan fingerprint density at radius 2 is 1.89 bits per heavy atom. The summed E-state index contributed by atoms with van der Waals surface area (Å²) in [6.45, 7) is 1.57. The first-order valence-electron chi connectivity index (χ1n) is 11.6. The number of rotatable bonds is 8. The SMILES string of the molecule is CS(=O)(=O)NC(=O)c1cc(C2CC2)c(OCC2CCN(Cc3ncccc3C(F)(F)F)CC2)cc1F. The zero-order valence-corrected chi connectivity index (χ0v) is 20.5. The highest BCUT2D eigenvalue weighted by Crippen LogP contribution is 2.45. The monoisotopic (exact) mass is 529 g/mol. The van der Waals surface area contributed by atoms with Gasteiger partial charge in [0.05, 0.1) is 29.7 Å². The first kappa shape index (κ1) is 26.3. The highest BCUT2D eigenvalue weighted by atomic mass is 32.2. The number of aromatic nitrogens is 1. The van der Waals surface area contributed by atoms with Gasteiger partial charge in [0.25, 0.3) is 5.91 Å². The van der Waals surface area contributed by atoms with Gasteiger partial charge in [0.1, 0.15) is 11.6 Å². The van der Waals surface area contributed by atoms with Gasteiger partial charge in [-0.1, -0.05) is 0 Å². The average Bonchev–Trinajstić information content (AvgIpc) is 3.62. The summed E-state index contributed by atoms with van der Waals surface area (Å²) in [5.41, 5.74) is -0.402. The molecule has 2 heterocycles. The van der Waals surface area contributed by atoms with E-state index in [0.717, 1.165) is 31.2 Å². The third-order valence-corrected chi connectivity index (χ3v) is 6.95. The van der Waals surface area contributed by atoms with Crippen LogP contribution in [-0.4, -0.2) is 50.2 Å². The number of hydrogen-bond donors (Lipinski definition) is 1. The number of amides is 1. The van der Waals surface area contributed by atoms with Gasteiger partial charge in [0.2, 0.25) is 10.0 Å². The van der Waals surface area contributed by atoms with Crippen molar-refractivity contribution in [1.82, 2.24) is 14.6 Å². The molecule has 0 spiro atoms. The van der Waals surface area contributed by atoms with Crippen LogP contribution in [0, 0.1) is 11.7 Å². The molecule has 1 aromatic heterocycles. The number of carbonyl (C=O) groups is 1. The molecule has 1 saturated heterocycles. The van der Waals surface area contributed by atoms with E-state index in [1.54, 1.807) is 4.72 Å². The van der Waals surface area contributed by atoms with Crippen LogP contribution in [0.4, 0.5) is 17.6 Å². The zero-order chi connectivity index (χ0) is 26.1. The molecule has 0 atom stereocenters. The van der Waals surface area contributed by atoms with E-state index in [1.807, 2.05) is 4.90 Å². The number of likely N-dealkylation sites (tertiary alicyclic amines) is 1. The summed E-state index contributed by atoms with van der Waals surface area (Å²) < 4.78 is 84.8. The van der Waals surface area contributed by atoms with Gasteiger partial charge in [-0.05, 0) is 74.4 Å². The zero-order valence-electron chi connectivity index (χ0n) is 19.6. The van der Waals surface area contributed by atoms with Crippen LogP contribution < -0.4 is 9.46 Å². The minimum atomic E-state index is -4.45. The Labute approximate surface area is 206 Å². The Morgan fingerprint density at radius 3 is 2.50 bits per heavy atom. The van der Waals surface area contributed by atoms with Crippen molar-refractivity contribution in [2.45, 2.75) is 44.3 Å². The molecule has 196 valence electrons. The molecule has 1 N–H and O–H groups in total. The summed E-state index contributed by atoms with van der Waals surface area (Å²) in [5, 5.41) is 0. The number of carbonyl (C=O) groups excluding carboxylic acids is 1. The summed E-state index contributed by atoms with van der Waals surface area (Å²) in [5.74, 6) is -1.32. The predicted octanol–water partition coefficient (Wildman–Crippen LogP) is 4.10. The van der Waals surface area contributed by atoms with Gasteiger partial charge in [-0.15, -0.1) is 0 Å². The fraction of sp³-hybridized carbons (Fsp3) is 0.500. The van der Waals surface area contributed by atoms with Crippen LogP contribution in [0.3, 0.4) is 0 Å². The van der Waals surface area contributed by atoms with E-state index in [1.165, 1.54) is 18.3 Å². The number of benzene rings is 1. The molecule has 12 heteroatoms. The lowest BCUT2D eigenvalue weighted by Crippen LogP contribution is -2.36. The maximum Gasteiger partial charge on any atom is 0.418 e. The molecule has 1 aliphatic heterocycles. The summed E-state index contributed by atoms with van der Waals surface area (Å²) in [6, 6.07) is 4.80. The van der Waals surface area contributed by atoms with E-state index in [9.17, 15) is 30.8 Å². The van der Waals surface area contributed by atoms with E-state index >= 15 is 0 Å². The van der Waals surface area contributed by atoms with Crippen LogP contribution in [0.25, 0.3) is 0 Å². The van der Waals surface area contributed by atoms with Crippen LogP contribution in [0.15, 0.2) is 30.5 Å². The molecule has 2 fully saturated rings. The molecule has 2 aromatic rings. The highest BCUT2D eigenvalue weighted by molar-refractivity contribution is 7.89. The Kier molecular flexibility index (Phi) is 7.56. The summed E-state index contributed by atoms with van der Waals surface area (Å²) in [4.78, 5) is 18.0. The van der Waals surface area contributed by atoms with Crippen molar-refractivity contribution in [3.8, 4) is 5.75 Å². The summed E-state index contributed by atoms with van der Waals surface area (Å²) in [7, 11) is -3.84. The fourth-order valence-electron chi connectivity index (χ4n) is 4.36. The quantitative estimate of drug-likeness (QED) is 0.518. The summed E-state index contributed by atoms with van der Waals surface area (Å²) >= 11 is 0. The second-order valence-electron chi connectivity index (χ2n) is 9.37. The smallest absolute Gasteiger partial charge is 0.418 e. The molecule has 0 unspecified atom stereocenters. The van der Waals surface area contributed by atoms with Crippen molar-refractivity contribution in [3.63, 3.8) is 0 Å². The lowest BCUT2D eigenvalue weighted by Gasteiger charge is -2.32. The molecule has 0 bridgehead atoms. The van der Waals surface area contributed by atoms with E-state index < -0.39 is 33.5 Å². The third-order valence-electron chi connectivity index (χ3n) is 6.39. The normalized spacial score (nSPS) is 17.7. The van der Waals surface area contributed by atoms with Crippen LogP contribution in [0.5, 0.6) is 5.75 Å². The van der Waals surface area contributed by atoms with Gasteiger partial charge in [0.15, 0.2) is 0 Å².